The highest BCUT2D eigenvalue weighted by molar-refractivity contribution is 5.91. The van der Waals surface area contributed by atoms with E-state index in [1.807, 2.05) is 36.4 Å². The van der Waals surface area contributed by atoms with Crippen LogP contribution >= 0.6 is 0 Å². The zero-order valence-electron chi connectivity index (χ0n) is 14.0. The first kappa shape index (κ1) is 16.5. The number of aryl methyl sites for hydroxylation is 1. The molecule has 2 aromatic rings. The summed E-state index contributed by atoms with van der Waals surface area (Å²) in [7, 11) is 1.65. The average Bonchev–Trinajstić information content (AvgIpc) is 2.60. The lowest BCUT2D eigenvalue weighted by Gasteiger charge is -2.19. The molecule has 0 bridgehead atoms. The maximum atomic E-state index is 12.2. The van der Waals surface area contributed by atoms with Crippen molar-refractivity contribution in [1.82, 2.24) is 0 Å². The average molecular weight is 325 g/mol. The summed E-state index contributed by atoms with van der Waals surface area (Å²) in [5.41, 5.74) is 4.40. The molecule has 0 atom stereocenters. The van der Waals surface area contributed by atoms with Crippen molar-refractivity contribution < 1.29 is 14.3 Å². The number of rotatable bonds is 6. The van der Waals surface area contributed by atoms with Crippen LogP contribution in [0.5, 0.6) is 5.75 Å². The molecule has 126 valence electrons. The molecule has 24 heavy (non-hydrogen) atoms. The van der Waals surface area contributed by atoms with E-state index in [1.165, 1.54) is 24.0 Å². The van der Waals surface area contributed by atoms with Gasteiger partial charge in [-0.2, -0.15) is 0 Å². The second-order valence-corrected chi connectivity index (χ2v) is 6.07. The summed E-state index contributed by atoms with van der Waals surface area (Å²) in [6.07, 6.45) is 4.55. The molecular weight excluding hydrogens is 302 g/mol. The van der Waals surface area contributed by atoms with Gasteiger partial charge in [0.15, 0.2) is 6.61 Å². The fourth-order valence-corrected chi connectivity index (χ4v) is 3.13. The first-order chi connectivity index (χ1) is 11.8. The van der Waals surface area contributed by atoms with Gasteiger partial charge in [-0.3, -0.25) is 4.79 Å². The molecule has 2 aromatic carbocycles. The Morgan fingerprint density at radius 1 is 1.12 bits per heavy atom. The molecule has 1 aliphatic carbocycles. The van der Waals surface area contributed by atoms with Crippen molar-refractivity contribution in [3.8, 4) is 5.75 Å². The summed E-state index contributed by atoms with van der Waals surface area (Å²) in [5.74, 6) is 0.688. The number of methoxy groups -OCH3 is 1. The predicted octanol–water partition coefficient (Wildman–Crippen LogP) is 3.73. The van der Waals surface area contributed by atoms with Gasteiger partial charge < -0.3 is 14.8 Å². The molecule has 0 aliphatic heterocycles. The molecule has 4 nitrogen and oxygen atoms in total. The number of benzene rings is 2. The highest BCUT2D eigenvalue weighted by atomic mass is 16.5. The first-order valence-corrected chi connectivity index (χ1v) is 8.37. The summed E-state index contributed by atoms with van der Waals surface area (Å²) in [4.78, 5) is 12.2. The Labute approximate surface area is 142 Å². The Hall–Kier alpha value is -2.33. The highest BCUT2D eigenvalue weighted by Crippen LogP contribution is 2.29. The van der Waals surface area contributed by atoms with Gasteiger partial charge in [-0.05, 0) is 60.6 Å². The van der Waals surface area contributed by atoms with E-state index >= 15 is 0 Å². The fraction of sp³-hybridized carbons (Fsp3) is 0.350. The molecule has 0 fully saturated rings. The number of carbonyl (C=O) groups excluding carboxylic acids is 1. The molecule has 1 aliphatic rings. The number of carbonyl (C=O) groups is 1. The van der Waals surface area contributed by atoms with Crippen LogP contribution in [0.3, 0.4) is 0 Å². The second kappa shape index (κ2) is 7.97. The SMILES string of the molecule is COCc1cccc(NC(=O)COc2cccc3c2CCCC3)c1. The monoisotopic (exact) mass is 325 g/mol. The lowest BCUT2D eigenvalue weighted by Crippen LogP contribution is -2.21. The second-order valence-electron chi connectivity index (χ2n) is 6.07. The van der Waals surface area contributed by atoms with Gasteiger partial charge in [0.1, 0.15) is 5.75 Å². The molecule has 4 heteroatoms. The number of fused-ring (bicyclic) bond motifs is 1. The van der Waals surface area contributed by atoms with Crippen molar-refractivity contribution in [2.75, 3.05) is 19.0 Å². The van der Waals surface area contributed by atoms with Gasteiger partial charge in [-0.25, -0.2) is 0 Å². The molecule has 0 aromatic heterocycles. The maximum absolute atomic E-state index is 12.2. The zero-order valence-corrected chi connectivity index (χ0v) is 14.0. The fourth-order valence-electron chi connectivity index (χ4n) is 3.13. The predicted molar refractivity (Wildman–Crippen MR) is 94.4 cm³/mol. The highest BCUT2D eigenvalue weighted by Gasteiger charge is 2.14. The Morgan fingerprint density at radius 2 is 1.96 bits per heavy atom. The Balaban J connectivity index is 1.59. The zero-order chi connectivity index (χ0) is 16.8. The van der Waals surface area contributed by atoms with Gasteiger partial charge in [0.25, 0.3) is 5.91 Å². The molecule has 1 amide bonds. The Kier molecular flexibility index (Phi) is 5.49. The van der Waals surface area contributed by atoms with Crippen LogP contribution in [0.1, 0.15) is 29.5 Å². The largest absolute Gasteiger partial charge is 0.483 e. The Bertz CT molecular complexity index is 712. The van der Waals surface area contributed by atoms with E-state index in [4.69, 9.17) is 9.47 Å². The maximum Gasteiger partial charge on any atom is 0.262 e. The van der Waals surface area contributed by atoms with Crippen molar-refractivity contribution in [2.24, 2.45) is 0 Å². The standard InChI is InChI=1S/C20H23NO3/c1-23-13-15-6-4-9-17(12-15)21-20(22)14-24-19-11-5-8-16-7-2-3-10-18(16)19/h4-6,8-9,11-12H,2-3,7,10,13-14H2,1H3,(H,21,22). The third-order valence-corrected chi connectivity index (χ3v) is 4.23. The van der Waals surface area contributed by atoms with E-state index in [2.05, 4.69) is 11.4 Å². The Morgan fingerprint density at radius 3 is 2.83 bits per heavy atom. The molecule has 0 radical (unpaired) electrons. The van der Waals surface area contributed by atoms with Gasteiger partial charge in [-0.1, -0.05) is 24.3 Å². The van der Waals surface area contributed by atoms with Crippen molar-refractivity contribution in [2.45, 2.75) is 32.3 Å². The van der Waals surface area contributed by atoms with E-state index in [-0.39, 0.29) is 12.5 Å². The molecular formula is C20H23NO3. The number of hydrogen-bond acceptors (Lipinski definition) is 3. The minimum absolute atomic E-state index is 0.0188. The van der Waals surface area contributed by atoms with Gasteiger partial charge >= 0.3 is 0 Å². The van der Waals surface area contributed by atoms with Crippen molar-refractivity contribution in [1.29, 1.82) is 0 Å². The summed E-state index contributed by atoms with van der Waals surface area (Å²) in [6.45, 7) is 0.543. The minimum Gasteiger partial charge on any atom is -0.483 e. The van der Waals surface area contributed by atoms with E-state index in [0.29, 0.717) is 6.61 Å². The van der Waals surface area contributed by atoms with Crippen LogP contribution in [0.15, 0.2) is 42.5 Å². The molecule has 0 spiro atoms. The third-order valence-electron chi connectivity index (χ3n) is 4.23. The third kappa shape index (κ3) is 4.15. The lowest BCUT2D eigenvalue weighted by atomic mass is 9.91. The van der Waals surface area contributed by atoms with Gasteiger partial charge in [-0.15, -0.1) is 0 Å². The number of hydrogen-bond donors (Lipinski definition) is 1. The van der Waals surface area contributed by atoms with Crippen LogP contribution in [-0.4, -0.2) is 19.6 Å². The first-order valence-electron chi connectivity index (χ1n) is 8.37. The summed E-state index contributed by atoms with van der Waals surface area (Å²) in [5, 5.41) is 2.87. The molecule has 3 rings (SSSR count). The quantitative estimate of drug-likeness (QED) is 0.880. The molecule has 0 heterocycles. The summed E-state index contributed by atoms with van der Waals surface area (Å²) >= 11 is 0. The topological polar surface area (TPSA) is 47.6 Å². The van der Waals surface area contributed by atoms with Gasteiger partial charge in [0.05, 0.1) is 6.61 Å². The van der Waals surface area contributed by atoms with E-state index < -0.39 is 0 Å². The van der Waals surface area contributed by atoms with Crippen LogP contribution in [0, 0.1) is 0 Å². The smallest absolute Gasteiger partial charge is 0.262 e. The molecule has 0 saturated heterocycles. The minimum atomic E-state index is -0.155. The van der Waals surface area contributed by atoms with Crippen molar-refractivity contribution in [3.63, 3.8) is 0 Å². The number of anilines is 1. The number of amides is 1. The van der Waals surface area contributed by atoms with E-state index in [9.17, 15) is 4.79 Å². The van der Waals surface area contributed by atoms with Crippen LogP contribution < -0.4 is 10.1 Å². The normalized spacial score (nSPS) is 13.2. The van der Waals surface area contributed by atoms with Gasteiger partial charge in [0, 0.05) is 12.8 Å². The van der Waals surface area contributed by atoms with E-state index in [0.717, 1.165) is 29.8 Å². The molecule has 0 unspecified atom stereocenters. The molecule has 1 N–H and O–H groups in total. The summed E-state index contributed by atoms with van der Waals surface area (Å²) in [6, 6.07) is 13.8. The molecule has 0 saturated carbocycles. The summed E-state index contributed by atoms with van der Waals surface area (Å²) < 4.78 is 10.9. The lowest BCUT2D eigenvalue weighted by molar-refractivity contribution is -0.118. The van der Waals surface area contributed by atoms with Crippen LogP contribution in [0.25, 0.3) is 0 Å². The van der Waals surface area contributed by atoms with Crippen LogP contribution in [0.4, 0.5) is 5.69 Å². The van der Waals surface area contributed by atoms with Crippen molar-refractivity contribution >= 4 is 11.6 Å². The number of nitrogens with one attached hydrogen (secondary N) is 1. The van der Waals surface area contributed by atoms with Crippen LogP contribution in [0.2, 0.25) is 0 Å². The van der Waals surface area contributed by atoms with E-state index in [1.54, 1.807) is 7.11 Å². The van der Waals surface area contributed by atoms with Gasteiger partial charge in [0.2, 0.25) is 0 Å². The van der Waals surface area contributed by atoms with Crippen molar-refractivity contribution in [3.05, 3.63) is 59.2 Å². The van der Waals surface area contributed by atoms with Crippen LogP contribution in [-0.2, 0) is 29.0 Å². The number of ether oxygens (including phenoxy) is 2.